The Kier molecular flexibility index (Phi) is 2.27. The zero-order valence-electron chi connectivity index (χ0n) is 11.7. The number of aryl methyl sites for hydroxylation is 2. The van der Waals surface area contributed by atoms with Crippen molar-refractivity contribution in [3.8, 4) is 0 Å². The number of rotatable bonds is 1. The third kappa shape index (κ3) is 1.35. The number of carbonyl (C=O) groups is 2. The highest BCUT2D eigenvalue weighted by Gasteiger charge is 2.59. The Labute approximate surface area is 118 Å². The van der Waals surface area contributed by atoms with E-state index in [-0.39, 0.29) is 35.5 Å². The standard InChI is InChI=1S/C17H17NO2/c1-9-3-6-13(10(2)7-9)18-16(19)14-11-4-5-12(8-11)15(14)17(18)20/h3-7,11-12,14-15H,8H2,1-2H3/t11-,12-,14-,15+/m0/s1. The van der Waals surface area contributed by atoms with Gasteiger partial charge in [0.15, 0.2) is 0 Å². The summed E-state index contributed by atoms with van der Waals surface area (Å²) in [4.78, 5) is 26.8. The molecule has 3 aliphatic rings. The molecule has 1 aromatic rings. The molecular weight excluding hydrogens is 250 g/mol. The molecule has 1 saturated carbocycles. The van der Waals surface area contributed by atoms with E-state index in [4.69, 9.17) is 0 Å². The monoisotopic (exact) mass is 267 g/mol. The molecule has 1 heterocycles. The number of imide groups is 1. The molecular formula is C17H17NO2. The summed E-state index contributed by atoms with van der Waals surface area (Å²) >= 11 is 0. The van der Waals surface area contributed by atoms with Crippen molar-refractivity contribution < 1.29 is 9.59 Å². The fourth-order valence-electron chi connectivity index (χ4n) is 4.20. The van der Waals surface area contributed by atoms with Crippen molar-refractivity contribution in [3.05, 3.63) is 41.5 Å². The zero-order chi connectivity index (χ0) is 14.0. The molecule has 0 radical (unpaired) electrons. The van der Waals surface area contributed by atoms with E-state index in [1.807, 2.05) is 32.0 Å². The Hall–Kier alpha value is -1.90. The second kappa shape index (κ2) is 3.81. The Balaban J connectivity index is 1.78. The summed E-state index contributed by atoms with van der Waals surface area (Å²) in [5.74, 6) is 0.332. The van der Waals surface area contributed by atoms with Gasteiger partial charge in [0.25, 0.3) is 0 Å². The molecule has 102 valence electrons. The molecule has 2 fully saturated rings. The largest absolute Gasteiger partial charge is 0.274 e. The van der Waals surface area contributed by atoms with E-state index < -0.39 is 0 Å². The van der Waals surface area contributed by atoms with Gasteiger partial charge >= 0.3 is 0 Å². The lowest BCUT2D eigenvalue weighted by atomic mass is 9.85. The van der Waals surface area contributed by atoms with Crippen LogP contribution in [0.15, 0.2) is 30.4 Å². The number of nitrogens with zero attached hydrogens (tertiary/aromatic N) is 1. The molecule has 20 heavy (non-hydrogen) atoms. The first-order valence-corrected chi connectivity index (χ1v) is 7.21. The summed E-state index contributed by atoms with van der Waals surface area (Å²) in [7, 11) is 0. The molecule has 0 spiro atoms. The molecule has 3 heteroatoms. The maximum atomic E-state index is 12.7. The lowest BCUT2D eigenvalue weighted by molar-refractivity contribution is -0.123. The van der Waals surface area contributed by atoms with Crippen LogP contribution >= 0.6 is 0 Å². The molecule has 0 unspecified atom stereocenters. The lowest BCUT2D eigenvalue weighted by Crippen LogP contribution is -2.33. The fraction of sp³-hybridized carbons (Fsp3) is 0.412. The van der Waals surface area contributed by atoms with Crippen molar-refractivity contribution in [2.24, 2.45) is 23.7 Å². The summed E-state index contributed by atoms with van der Waals surface area (Å²) in [5, 5.41) is 0. The molecule has 1 saturated heterocycles. The molecule has 1 aromatic carbocycles. The van der Waals surface area contributed by atoms with Crippen LogP contribution in [0.1, 0.15) is 17.5 Å². The predicted octanol–water partition coefficient (Wildman–Crippen LogP) is 2.61. The van der Waals surface area contributed by atoms with E-state index in [0.717, 1.165) is 23.2 Å². The molecule has 4 rings (SSSR count). The SMILES string of the molecule is Cc1ccc(N2C(=O)[C@@H]3[C@H](C2=O)[C@H]2C=C[C@H]3C2)c(C)c1. The van der Waals surface area contributed by atoms with Gasteiger partial charge in [0.1, 0.15) is 0 Å². The first-order valence-electron chi connectivity index (χ1n) is 7.21. The van der Waals surface area contributed by atoms with Crippen LogP contribution < -0.4 is 4.90 Å². The maximum Gasteiger partial charge on any atom is 0.238 e. The van der Waals surface area contributed by atoms with Crippen molar-refractivity contribution in [3.63, 3.8) is 0 Å². The Bertz CT molecular complexity index is 631. The molecule has 0 N–H and O–H groups in total. The van der Waals surface area contributed by atoms with Crippen LogP contribution in [0.5, 0.6) is 0 Å². The first-order chi connectivity index (χ1) is 9.58. The van der Waals surface area contributed by atoms with Crippen molar-refractivity contribution in [2.45, 2.75) is 20.3 Å². The molecule has 3 nitrogen and oxygen atoms in total. The van der Waals surface area contributed by atoms with Gasteiger partial charge in [-0.05, 0) is 43.7 Å². The van der Waals surface area contributed by atoms with Gasteiger partial charge in [0.05, 0.1) is 17.5 Å². The normalized spacial score (nSPS) is 34.2. The number of anilines is 1. The van der Waals surface area contributed by atoms with Crippen molar-refractivity contribution in [1.29, 1.82) is 0 Å². The van der Waals surface area contributed by atoms with Gasteiger partial charge in [0, 0.05) is 0 Å². The number of amides is 2. The Morgan fingerprint density at radius 2 is 1.60 bits per heavy atom. The molecule has 0 aromatic heterocycles. The summed E-state index contributed by atoms with van der Waals surface area (Å²) < 4.78 is 0. The number of allylic oxidation sites excluding steroid dienone is 2. The van der Waals surface area contributed by atoms with Crippen LogP contribution in [0, 0.1) is 37.5 Å². The van der Waals surface area contributed by atoms with Gasteiger partial charge in [-0.1, -0.05) is 29.8 Å². The van der Waals surface area contributed by atoms with Gasteiger partial charge in [-0.2, -0.15) is 0 Å². The van der Waals surface area contributed by atoms with Crippen molar-refractivity contribution in [1.82, 2.24) is 0 Å². The number of hydrogen-bond donors (Lipinski definition) is 0. The highest BCUT2D eigenvalue weighted by molar-refractivity contribution is 6.23. The Morgan fingerprint density at radius 3 is 2.15 bits per heavy atom. The average molecular weight is 267 g/mol. The van der Waals surface area contributed by atoms with E-state index >= 15 is 0 Å². The molecule has 2 aliphatic carbocycles. The van der Waals surface area contributed by atoms with E-state index in [2.05, 4.69) is 12.2 Å². The quantitative estimate of drug-likeness (QED) is 0.579. The van der Waals surface area contributed by atoms with E-state index in [9.17, 15) is 9.59 Å². The van der Waals surface area contributed by atoms with Crippen LogP contribution in [0.3, 0.4) is 0 Å². The predicted molar refractivity (Wildman–Crippen MR) is 76.1 cm³/mol. The molecule has 2 bridgehead atoms. The van der Waals surface area contributed by atoms with Crippen molar-refractivity contribution >= 4 is 17.5 Å². The third-order valence-electron chi connectivity index (χ3n) is 5.06. The van der Waals surface area contributed by atoms with Crippen LogP contribution in [0.25, 0.3) is 0 Å². The summed E-state index contributed by atoms with van der Waals surface area (Å²) in [6, 6.07) is 5.89. The first kappa shape index (κ1) is 11.9. The minimum Gasteiger partial charge on any atom is -0.274 e. The zero-order valence-corrected chi connectivity index (χ0v) is 11.7. The average Bonchev–Trinajstić information content (AvgIpc) is 3.06. The van der Waals surface area contributed by atoms with E-state index in [0.29, 0.717) is 0 Å². The highest BCUT2D eigenvalue weighted by Crippen LogP contribution is 2.53. The second-order valence-corrected chi connectivity index (χ2v) is 6.30. The number of carbonyl (C=O) groups excluding carboxylic acids is 2. The van der Waals surface area contributed by atoms with E-state index in [1.54, 1.807) is 0 Å². The van der Waals surface area contributed by atoms with Crippen LogP contribution in [0.2, 0.25) is 0 Å². The molecule has 4 atom stereocenters. The summed E-state index contributed by atoms with van der Waals surface area (Å²) in [6.07, 6.45) is 5.23. The fourth-order valence-corrected chi connectivity index (χ4v) is 4.20. The molecule has 2 amide bonds. The minimum atomic E-state index is -0.113. The van der Waals surface area contributed by atoms with Crippen LogP contribution in [-0.2, 0) is 9.59 Å². The maximum absolute atomic E-state index is 12.7. The molecule has 1 aliphatic heterocycles. The van der Waals surface area contributed by atoms with Gasteiger partial charge in [-0.15, -0.1) is 0 Å². The second-order valence-electron chi connectivity index (χ2n) is 6.30. The van der Waals surface area contributed by atoms with Gasteiger partial charge in [-0.25, -0.2) is 4.90 Å². The Morgan fingerprint density at radius 1 is 1.00 bits per heavy atom. The summed E-state index contributed by atoms with van der Waals surface area (Å²) in [6.45, 7) is 3.98. The number of benzene rings is 1. The van der Waals surface area contributed by atoms with Gasteiger partial charge in [-0.3, -0.25) is 9.59 Å². The lowest BCUT2D eigenvalue weighted by Gasteiger charge is -2.19. The van der Waals surface area contributed by atoms with Crippen LogP contribution in [-0.4, -0.2) is 11.8 Å². The number of fused-ring (bicyclic) bond motifs is 5. The van der Waals surface area contributed by atoms with Crippen LogP contribution in [0.4, 0.5) is 5.69 Å². The topological polar surface area (TPSA) is 37.4 Å². The van der Waals surface area contributed by atoms with Gasteiger partial charge < -0.3 is 0 Å². The number of hydrogen-bond acceptors (Lipinski definition) is 2. The third-order valence-corrected chi connectivity index (χ3v) is 5.06. The highest BCUT2D eigenvalue weighted by atomic mass is 16.2. The minimum absolute atomic E-state index is 0.00352. The smallest absolute Gasteiger partial charge is 0.238 e. The summed E-state index contributed by atoms with van der Waals surface area (Å²) in [5.41, 5.74) is 2.90. The van der Waals surface area contributed by atoms with Crippen molar-refractivity contribution in [2.75, 3.05) is 4.90 Å². The van der Waals surface area contributed by atoms with Gasteiger partial charge in [0.2, 0.25) is 11.8 Å². The van der Waals surface area contributed by atoms with E-state index in [1.165, 1.54) is 4.90 Å².